The molecule has 1 saturated heterocycles. The van der Waals surface area contributed by atoms with E-state index in [1.807, 2.05) is 0 Å². The number of hydrogen-bond donors (Lipinski definition) is 1. The highest BCUT2D eigenvalue weighted by molar-refractivity contribution is 5.70. The van der Waals surface area contributed by atoms with Crippen LogP contribution >= 0.6 is 0 Å². The Kier molecular flexibility index (Phi) is 1.60. The summed E-state index contributed by atoms with van der Waals surface area (Å²) in [7, 11) is 0. The first-order chi connectivity index (χ1) is 5.27. The van der Waals surface area contributed by atoms with Gasteiger partial charge in [0.15, 0.2) is 0 Å². The van der Waals surface area contributed by atoms with Crippen LogP contribution in [0.5, 0.6) is 0 Å². The molecule has 0 spiro atoms. The van der Waals surface area contributed by atoms with Gasteiger partial charge in [0.05, 0.1) is 5.92 Å². The maximum atomic E-state index is 10.6. The fraction of sp³-hybridized carbons (Fsp3) is 0.875. The molecule has 0 amide bonds. The summed E-state index contributed by atoms with van der Waals surface area (Å²) in [4.78, 5) is 12.9. The van der Waals surface area contributed by atoms with Gasteiger partial charge >= 0.3 is 5.97 Å². The highest BCUT2D eigenvalue weighted by Gasteiger charge is 2.36. The smallest absolute Gasteiger partial charge is 0.307 e. The van der Waals surface area contributed by atoms with Crippen molar-refractivity contribution >= 4 is 5.97 Å². The molecule has 0 aromatic carbocycles. The SMILES string of the molecule is O=C(O)[C@H]1CCN(C2CC2)C1. The second-order valence-electron chi connectivity index (χ2n) is 3.55. The van der Waals surface area contributed by atoms with Gasteiger partial charge in [-0.25, -0.2) is 0 Å². The van der Waals surface area contributed by atoms with Crippen molar-refractivity contribution in [1.29, 1.82) is 0 Å². The Labute approximate surface area is 66.0 Å². The Hall–Kier alpha value is -0.570. The molecule has 1 heterocycles. The summed E-state index contributed by atoms with van der Waals surface area (Å²) in [6.45, 7) is 1.79. The van der Waals surface area contributed by atoms with Gasteiger partial charge < -0.3 is 5.11 Å². The number of rotatable bonds is 2. The number of nitrogens with zero attached hydrogens (tertiary/aromatic N) is 1. The van der Waals surface area contributed by atoms with Crippen molar-refractivity contribution in [2.24, 2.45) is 5.92 Å². The monoisotopic (exact) mass is 155 g/mol. The predicted molar refractivity (Wildman–Crippen MR) is 40.3 cm³/mol. The molecule has 2 aliphatic rings. The van der Waals surface area contributed by atoms with E-state index in [4.69, 9.17) is 5.11 Å². The molecular formula is C8H13NO2. The molecule has 1 aliphatic heterocycles. The van der Waals surface area contributed by atoms with E-state index in [2.05, 4.69) is 4.90 Å². The topological polar surface area (TPSA) is 40.5 Å². The maximum Gasteiger partial charge on any atom is 0.307 e. The van der Waals surface area contributed by atoms with E-state index < -0.39 is 5.97 Å². The molecule has 0 radical (unpaired) electrons. The van der Waals surface area contributed by atoms with E-state index in [1.54, 1.807) is 0 Å². The van der Waals surface area contributed by atoms with Gasteiger partial charge in [-0.1, -0.05) is 0 Å². The van der Waals surface area contributed by atoms with Gasteiger partial charge in [-0.3, -0.25) is 9.69 Å². The molecule has 2 rings (SSSR count). The van der Waals surface area contributed by atoms with Gasteiger partial charge in [-0.2, -0.15) is 0 Å². The van der Waals surface area contributed by atoms with Crippen molar-refractivity contribution in [3.05, 3.63) is 0 Å². The van der Waals surface area contributed by atoms with E-state index in [1.165, 1.54) is 12.8 Å². The van der Waals surface area contributed by atoms with E-state index in [0.717, 1.165) is 25.6 Å². The summed E-state index contributed by atoms with van der Waals surface area (Å²) in [5, 5.41) is 8.71. The Morgan fingerprint density at radius 2 is 2.09 bits per heavy atom. The van der Waals surface area contributed by atoms with Crippen molar-refractivity contribution in [2.75, 3.05) is 13.1 Å². The fourth-order valence-corrected chi connectivity index (χ4v) is 1.76. The Bertz CT molecular complexity index is 177. The van der Waals surface area contributed by atoms with Gasteiger partial charge in [0.25, 0.3) is 0 Å². The van der Waals surface area contributed by atoms with Crippen LogP contribution < -0.4 is 0 Å². The first-order valence-electron chi connectivity index (χ1n) is 4.24. The molecule has 0 aromatic heterocycles. The number of hydrogen-bond acceptors (Lipinski definition) is 2. The molecule has 0 aromatic rings. The molecular weight excluding hydrogens is 142 g/mol. The zero-order chi connectivity index (χ0) is 7.84. The van der Waals surface area contributed by atoms with Gasteiger partial charge in [-0.15, -0.1) is 0 Å². The molecule has 2 fully saturated rings. The number of carbonyl (C=O) groups is 1. The zero-order valence-corrected chi connectivity index (χ0v) is 6.49. The lowest BCUT2D eigenvalue weighted by atomic mass is 10.1. The lowest BCUT2D eigenvalue weighted by Gasteiger charge is -2.12. The lowest BCUT2D eigenvalue weighted by Crippen LogP contribution is -2.24. The maximum absolute atomic E-state index is 10.6. The van der Waals surface area contributed by atoms with Crippen LogP contribution in [-0.4, -0.2) is 35.1 Å². The van der Waals surface area contributed by atoms with Crippen LogP contribution in [0.15, 0.2) is 0 Å². The minimum absolute atomic E-state index is 0.0874. The summed E-state index contributed by atoms with van der Waals surface area (Å²) >= 11 is 0. The molecule has 1 N–H and O–H groups in total. The minimum atomic E-state index is -0.617. The summed E-state index contributed by atoms with van der Waals surface area (Å²) in [6.07, 6.45) is 3.42. The molecule has 0 unspecified atom stereocenters. The average Bonchev–Trinajstić information content (AvgIpc) is 2.68. The third-order valence-corrected chi connectivity index (χ3v) is 2.63. The molecule has 11 heavy (non-hydrogen) atoms. The van der Waals surface area contributed by atoms with Crippen molar-refractivity contribution in [3.8, 4) is 0 Å². The van der Waals surface area contributed by atoms with Crippen LogP contribution in [0.4, 0.5) is 0 Å². The first-order valence-corrected chi connectivity index (χ1v) is 4.24. The zero-order valence-electron chi connectivity index (χ0n) is 6.49. The van der Waals surface area contributed by atoms with Crippen LogP contribution in [-0.2, 0) is 4.79 Å². The largest absolute Gasteiger partial charge is 0.481 e. The number of aliphatic carboxylic acids is 1. The minimum Gasteiger partial charge on any atom is -0.481 e. The second-order valence-corrected chi connectivity index (χ2v) is 3.55. The molecule has 1 aliphatic carbocycles. The van der Waals surface area contributed by atoms with Gasteiger partial charge in [0, 0.05) is 12.6 Å². The van der Waals surface area contributed by atoms with E-state index in [9.17, 15) is 4.79 Å². The van der Waals surface area contributed by atoms with Crippen molar-refractivity contribution < 1.29 is 9.90 Å². The number of likely N-dealkylation sites (tertiary alicyclic amines) is 1. The van der Waals surface area contributed by atoms with Gasteiger partial charge in [-0.05, 0) is 25.8 Å². The highest BCUT2D eigenvalue weighted by atomic mass is 16.4. The molecule has 1 atom stereocenters. The van der Waals surface area contributed by atoms with Gasteiger partial charge in [0.1, 0.15) is 0 Å². The first kappa shape index (κ1) is 7.10. The van der Waals surface area contributed by atoms with Crippen molar-refractivity contribution in [3.63, 3.8) is 0 Å². The standard InChI is InChI=1S/C8H13NO2/c10-8(11)6-3-4-9(5-6)7-1-2-7/h6-7H,1-5H2,(H,10,11)/t6-/m0/s1. The molecule has 3 nitrogen and oxygen atoms in total. The fourth-order valence-electron chi connectivity index (χ4n) is 1.76. The lowest BCUT2D eigenvalue weighted by molar-refractivity contribution is -0.141. The molecule has 1 saturated carbocycles. The number of carboxylic acid groups (broad SMARTS) is 1. The van der Waals surface area contributed by atoms with Crippen LogP contribution in [0, 0.1) is 5.92 Å². The third kappa shape index (κ3) is 1.38. The van der Waals surface area contributed by atoms with E-state index in [-0.39, 0.29) is 5.92 Å². The Morgan fingerprint density at radius 3 is 2.55 bits per heavy atom. The third-order valence-electron chi connectivity index (χ3n) is 2.63. The van der Waals surface area contributed by atoms with Crippen LogP contribution in [0.3, 0.4) is 0 Å². The van der Waals surface area contributed by atoms with Crippen molar-refractivity contribution in [2.45, 2.75) is 25.3 Å². The second kappa shape index (κ2) is 2.48. The van der Waals surface area contributed by atoms with Crippen molar-refractivity contribution in [1.82, 2.24) is 4.90 Å². The van der Waals surface area contributed by atoms with Gasteiger partial charge in [0.2, 0.25) is 0 Å². The average molecular weight is 155 g/mol. The molecule has 62 valence electrons. The summed E-state index contributed by atoms with van der Waals surface area (Å²) in [5.41, 5.74) is 0. The Balaban J connectivity index is 1.87. The summed E-state index contributed by atoms with van der Waals surface area (Å²) < 4.78 is 0. The van der Waals surface area contributed by atoms with E-state index >= 15 is 0 Å². The van der Waals surface area contributed by atoms with Crippen LogP contribution in [0.25, 0.3) is 0 Å². The van der Waals surface area contributed by atoms with Crippen LogP contribution in [0.1, 0.15) is 19.3 Å². The van der Waals surface area contributed by atoms with E-state index in [0.29, 0.717) is 0 Å². The highest BCUT2D eigenvalue weighted by Crippen LogP contribution is 2.31. The number of carboxylic acids is 1. The predicted octanol–water partition coefficient (Wildman–Crippen LogP) is 0.555. The summed E-state index contributed by atoms with van der Waals surface area (Å²) in [6, 6.07) is 0.736. The normalized spacial score (nSPS) is 32.5. The Morgan fingerprint density at radius 1 is 1.36 bits per heavy atom. The molecule has 0 bridgehead atoms. The summed E-state index contributed by atoms with van der Waals surface area (Å²) in [5.74, 6) is -0.705. The molecule has 3 heteroatoms. The van der Waals surface area contributed by atoms with Crippen LogP contribution in [0.2, 0.25) is 0 Å². The quantitative estimate of drug-likeness (QED) is 0.633.